The van der Waals surface area contributed by atoms with Crippen molar-refractivity contribution in [3.05, 3.63) is 29.8 Å². The molecule has 0 unspecified atom stereocenters. The molecule has 1 saturated carbocycles. The lowest BCUT2D eigenvalue weighted by molar-refractivity contribution is 0.0163. The van der Waals surface area contributed by atoms with Crippen LogP contribution in [0.15, 0.2) is 29.5 Å². The van der Waals surface area contributed by atoms with Gasteiger partial charge in [0.2, 0.25) is 0 Å². The van der Waals surface area contributed by atoms with Crippen molar-refractivity contribution in [3.8, 4) is 5.75 Å². The zero-order valence-corrected chi connectivity index (χ0v) is 16.0. The first kappa shape index (κ1) is 20.7. The van der Waals surface area contributed by atoms with Crippen LogP contribution in [0.5, 0.6) is 5.75 Å². The maximum Gasteiger partial charge on any atom is 0.407 e. The Bertz CT molecular complexity index is 646. The van der Waals surface area contributed by atoms with Crippen molar-refractivity contribution in [3.63, 3.8) is 0 Å². The number of ether oxygens (including phenoxy) is 2. The summed E-state index contributed by atoms with van der Waals surface area (Å²) >= 11 is 0. The molecule has 27 heavy (non-hydrogen) atoms. The van der Waals surface area contributed by atoms with Crippen molar-refractivity contribution >= 4 is 12.1 Å². The Morgan fingerprint density at radius 1 is 1.15 bits per heavy atom. The highest BCUT2D eigenvalue weighted by Crippen LogP contribution is 2.27. The fraction of sp³-hybridized carbons (Fsp3) is 0.579. The van der Waals surface area contributed by atoms with E-state index >= 15 is 0 Å². The molecule has 0 aromatic heterocycles. The van der Waals surface area contributed by atoms with Crippen molar-refractivity contribution in [2.45, 2.75) is 58.2 Å². The fourth-order valence-electron chi connectivity index (χ4n) is 2.92. The summed E-state index contributed by atoms with van der Waals surface area (Å²) < 4.78 is 10.8. The molecule has 8 nitrogen and oxygen atoms in total. The van der Waals surface area contributed by atoms with E-state index in [-0.39, 0.29) is 12.1 Å². The van der Waals surface area contributed by atoms with Crippen molar-refractivity contribution in [2.24, 2.45) is 11.2 Å². The Morgan fingerprint density at radius 2 is 1.78 bits per heavy atom. The van der Waals surface area contributed by atoms with Gasteiger partial charge in [0, 0.05) is 11.8 Å². The lowest BCUT2D eigenvalue weighted by atomic mass is 9.87. The number of benzene rings is 1. The van der Waals surface area contributed by atoms with Gasteiger partial charge in [-0.15, -0.1) is 0 Å². The van der Waals surface area contributed by atoms with Crippen molar-refractivity contribution in [1.82, 2.24) is 5.32 Å². The Morgan fingerprint density at radius 3 is 2.33 bits per heavy atom. The van der Waals surface area contributed by atoms with E-state index < -0.39 is 11.7 Å². The predicted molar refractivity (Wildman–Crippen MR) is 97.6 cm³/mol. The van der Waals surface area contributed by atoms with Gasteiger partial charge in [-0.25, -0.2) is 9.59 Å². The molecule has 0 saturated heterocycles. The van der Waals surface area contributed by atoms with Gasteiger partial charge in [-0.05, 0) is 76.6 Å². The molecular weight excluding hydrogens is 350 g/mol. The van der Waals surface area contributed by atoms with Crippen LogP contribution in [0.3, 0.4) is 0 Å². The van der Waals surface area contributed by atoms with E-state index in [0.29, 0.717) is 23.8 Å². The fourth-order valence-corrected chi connectivity index (χ4v) is 2.92. The van der Waals surface area contributed by atoms with Crippen LogP contribution in [0.25, 0.3) is 0 Å². The van der Waals surface area contributed by atoms with E-state index in [0.717, 1.165) is 25.7 Å². The van der Waals surface area contributed by atoms with Gasteiger partial charge in [-0.2, -0.15) is 5.53 Å². The van der Waals surface area contributed by atoms with Crippen LogP contribution in [0.1, 0.15) is 56.8 Å². The first-order valence-corrected chi connectivity index (χ1v) is 9.08. The van der Waals surface area contributed by atoms with E-state index in [1.807, 2.05) is 20.8 Å². The van der Waals surface area contributed by atoms with Gasteiger partial charge in [-0.3, -0.25) is 0 Å². The molecule has 0 atom stereocenters. The number of carbonyl (C=O) groups excluding carboxylic acids is 2. The summed E-state index contributed by atoms with van der Waals surface area (Å²) in [7, 11) is 0. The van der Waals surface area contributed by atoms with Crippen molar-refractivity contribution < 1.29 is 23.9 Å². The molecule has 2 N–H and O–H groups in total. The van der Waals surface area contributed by atoms with E-state index in [1.165, 1.54) is 0 Å². The SMILES string of the molecule is CC(C)(C)OC(=O)NC[C@H]1CC[C@@H](OC(=O)c2ccc(ON=N)cc2)CC1. The highest BCUT2D eigenvalue weighted by Gasteiger charge is 2.25. The van der Waals surface area contributed by atoms with Gasteiger partial charge in [0.25, 0.3) is 0 Å². The van der Waals surface area contributed by atoms with Crippen LogP contribution in [0.2, 0.25) is 0 Å². The van der Waals surface area contributed by atoms with E-state index in [4.69, 9.17) is 15.0 Å². The molecule has 1 aliphatic carbocycles. The lowest BCUT2D eigenvalue weighted by Crippen LogP contribution is -2.36. The second-order valence-corrected chi connectivity index (χ2v) is 7.64. The van der Waals surface area contributed by atoms with Gasteiger partial charge < -0.3 is 19.6 Å². The second-order valence-electron chi connectivity index (χ2n) is 7.64. The molecule has 0 heterocycles. The van der Waals surface area contributed by atoms with E-state index in [1.54, 1.807) is 24.3 Å². The molecule has 2 rings (SSSR count). The molecule has 148 valence electrons. The number of amides is 1. The normalized spacial score (nSPS) is 19.7. The summed E-state index contributed by atoms with van der Waals surface area (Å²) in [6, 6.07) is 6.29. The summed E-state index contributed by atoms with van der Waals surface area (Å²) in [5, 5.41) is 5.63. The summed E-state index contributed by atoms with van der Waals surface area (Å²) in [6.07, 6.45) is 2.78. The molecular formula is C19H27N3O5. The average molecular weight is 377 g/mol. The molecule has 0 spiro atoms. The monoisotopic (exact) mass is 377 g/mol. The second kappa shape index (κ2) is 9.34. The summed E-state index contributed by atoms with van der Waals surface area (Å²) in [6.45, 7) is 6.06. The quantitative estimate of drug-likeness (QED) is 0.437. The number of carbonyl (C=O) groups is 2. The minimum atomic E-state index is -0.504. The van der Waals surface area contributed by atoms with Crippen LogP contribution < -0.4 is 10.2 Å². The third-order valence-corrected chi connectivity index (χ3v) is 4.24. The number of rotatable bonds is 6. The summed E-state index contributed by atoms with van der Waals surface area (Å²) in [5.74, 6) is 0.372. The molecule has 0 bridgehead atoms. The number of alkyl carbamates (subject to hydrolysis) is 1. The highest BCUT2D eigenvalue weighted by atomic mass is 16.6. The lowest BCUT2D eigenvalue weighted by Gasteiger charge is -2.28. The molecule has 0 aliphatic heterocycles. The number of hydrogen-bond acceptors (Lipinski definition) is 7. The minimum absolute atomic E-state index is 0.116. The molecule has 1 fully saturated rings. The largest absolute Gasteiger partial charge is 0.459 e. The standard InChI is InChI=1S/C19H27N3O5/c1-19(2,3)26-18(24)21-12-13-4-8-15(9-5-13)25-17(23)14-6-10-16(11-7-14)27-22-20/h6-7,10-11,13,15,20H,4-5,8-9,12H2,1-3H3,(H,21,24)/t13-,15+. The number of nitrogens with one attached hydrogen (secondary N) is 2. The Labute approximate surface area is 159 Å². The van der Waals surface area contributed by atoms with E-state index in [9.17, 15) is 9.59 Å². The van der Waals surface area contributed by atoms with Gasteiger partial charge >= 0.3 is 12.1 Å². The van der Waals surface area contributed by atoms with Crippen LogP contribution in [-0.4, -0.2) is 30.3 Å². The zero-order chi connectivity index (χ0) is 19.9. The smallest absolute Gasteiger partial charge is 0.407 e. The molecule has 1 aliphatic rings. The summed E-state index contributed by atoms with van der Waals surface area (Å²) in [4.78, 5) is 28.6. The maximum absolute atomic E-state index is 12.2. The maximum atomic E-state index is 12.2. The summed E-state index contributed by atoms with van der Waals surface area (Å²) in [5.41, 5.74) is 6.56. The van der Waals surface area contributed by atoms with Crippen LogP contribution in [0.4, 0.5) is 4.79 Å². The van der Waals surface area contributed by atoms with Crippen LogP contribution >= 0.6 is 0 Å². The molecule has 8 heteroatoms. The number of esters is 1. The topological polar surface area (TPSA) is 110 Å². The Hall–Kier alpha value is -2.64. The van der Waals surface area contributed by atoms with Gasteiger partial charge in [-0.1, -0.05) is 0 Å². The Kier molecular flexibility index (Phi) is 7.15. The first-order valence-electron chi connectivity index (χ1n) is 9.08. The minimum Gasteiger partial charge on any atom is -0.459 e. The number of nitrogens with zero attached hydrogens (tertiary/aromatic N) is 1. The average Bonchev–Trinajstić information content (AvgIpc) is 2.60. The van der Waals surface area contributed by atoms with Crippen molar-refractivity contribution in [1.29, 1.82) is 5.53 Å². The number of hydrogen-bond donors (Lipinski definition) is 2. The predicted octanol–water partition coefficient (Wildman–Crippen LogP) is 4.25. The van der Waals surface area contributed by atoms with E-state index in [2.05, 4.69) is 15.4 Å². The van der Waals surface area contributed by atoms with Crippen LogP contribution in [0, 0.1) is 11.4 Å². The molecule has 1 amide bonds. The molecule has 0 radical (unpaired) electrons. The Balaban J connectivity index is 1.71. The van der Waals surface area contributed by atoms with Gasteiger partial charge in [0.1, 0.15) is 11.7 Å². The molecule has 1 aromatic rings. The first-order chi connectivity index (χ1) is 12.8. The van der Waals surface area contributed by atoms with Crippen molar-refractivity contribution in [2.75, 3.05) is 6.54 Å². The highest BCUT2D eigenvalue weighted by molar-refractivity contribution is 5.89. The van der Waals surface area contributed by atoms with Gasteiger partial charge in [0.15, 0.2) is 5.75 Å². The zero-order valence-electron chi connectivity index (χ0n) is 16.0. The van der Waals surface area contributed by atoms with Crippen LogP contribution in [-0.2, 0) is 9.47 Å². The third kappa shape index (κ3) is 7.24. The molecule has 1 aromatic carbocycles. The van der Waals surface area contributed by atoms with Gasteiger partial charge in [0.05, 0.1) is 5.56 Å². The third-order valence-electron chi connectivity index (χ3n) is 4.24.